The number of rotatable bonds is 3. The van der Waals surface area contributed by atoms with E-state index in [-0.39, 0.29) is 0 Å². The Morgan fingerprint density at radius 2 is 1.73 bits per heavy atom. The summed E-state index contributed by atoms with van der Waals surface area (Å²) in [5, 5.41) is 0. The second kappa shape index (κ2) is 4.40. The van der Waals surface area contributed by atoms with E-state index in [2.05, 4.69) is 18.7 Å². The van der Waals surface area contributed by atoms with Gasteiger partial charge in [0.1, 0.15) is 0 Å². The second-order valence-electron chi connectivity index (χ2n) is 5.25. The monoisotopic (exact) mass is 212 g/mol. The Labute approximate surface area is 93.0 Å². The highest BCUT2D eigenvalue weighted by molar-refractivity contribution is 4.99. The highest BCUT2D eigenvalue weighted by Crippen LogP contribution is 2.37. The van der Waals surface area contributed by atoms with Crippen LogP contribution < -0.4 is 5.73 Å². The summed E-state index contributed by atoms with van der Waals surface area (Å²) < 4.78 is 5.44. The minimum atomic E-state index is 0.322. The van der Waals surface area contributed by atoms with Gasteiger partial charge in [0.05, 0.1) is 6.10 Å². The summed E-state index contributed by atoms with van der Waals surface area (Å²) in [7, 11) is 1.80. The van der Waals surface area contributed by atoms with Crippen LogP contribution >= 0.6 is 0 Å². The molecule has 3 nitrogen and oxygen atoms in total. The molecule has 0 aromatic carbocycles. The Hall–Kier alpha value is -0.120. The fourth-order valence-electron chi connectivity index (χ4n) is 3.36. The van der Waals surface area contributed by atoms with Crippen LogP contribution in [0, 0.1) is 0 Å². The number of methoxy groups -OCH3 is 1. The van der Waals surface area contributed by atoms with E-state index in [0.717, 1.165) is 0 Å². The number of piperidine rings is 1. The Balaban J connectivity index is 2.04. The normalized spacial score (nSPS) is 40.4. The van der Waals surface area contributed by atoms with Gasteiger partial charge in [-0.3, -0.25) is 4.90 Å². The van der Waals surface area contributed by atoms with Crippen LogP contribution in [0.25, 0.3) is 0 Å². The first-order chi connectivity index (χ1) is 7.13. The molecule has 0 spiro atoms. The highest BCUT2D eigenvalue weighted by Gasteiger charge is 2.42. The van der Waals surface area contributed by atoms with Crippen molar-refractivity contribution in [3.63, 3.8) is 0 Å². The molecule has 0 saturated carbocycles. The maximum Gasteiger partial charge on any atom is 0.0695 e. The molecule has 2 aliphatic rings. The van der Waals surface area contributed by atoms with E-state index in [0.29, 0.717) is 30.3 Å². The van der Waals surface area contributed by atoms with E-state index >= 15 is 0 Å². The quantitative estimate of drug-likeness (QED) is 0.768. The zero-order chi connectivity index (χ0) is 11.0. The van der Waals surface area contributed by atoms with Crippen molar-refractivity contribution in [1.82, 2.24) is 4.90 Å². The van der Waals surface area contributed by atoms with Gasteiger partial charge in [-0.2, -0.15) is 0 Å². The van der Waals surface area contributed by atoms with Gasteiger partial charge in [0.15, 0.2) is 0 Å². The lowest BCUT2D eigenvalue weighted by molar-refractivity contribution is -0.00670. The minimum Gasteiger partial charge on any atom is -0.380 e. The largest absolute Gasteiger partial charge is 0.380 e. The summed E-state index contributed by atoms with van der Waals surface area (Å²) >= 11 is 0. The molecule has 2 rings (SSSR count). The van der Waals surface area contributed by atoms with Crippen molar-refractivity contribution in [1.29, 1.82) is 0 Å². The Morgan fingerprint density at radius 3 is 2.20 bits per heavy atom. The minimum absolute atomic E-state index is 0.322. The van der Waals surface area contributed by atoms with Crippen LogP contribution in [0.1, 0.15) is 39.5 Å². The summed E-state index contributed by atoms with van der Waals surface area (Å²) in [6.45, 7) is 4.45. The average Bonchev–Trinajstić information content (AvgIpc) is 2.49. The molecular formula is C12H24N2O. The fourth-order valence-corrected chi connectivity index (χ4v) is 3.36. The average molecular weight is 212 g/mol. The van der Waals surface area contributed by atoms with Crippen molar-refractivity contribution in [2.24, 2.45) is 5.73 Å². The van der Waals surface area contributed by atoms with Gasteiger partial charge in [0, 0.05) is 31.3 Å². The fraction of sp³-hybridized carbons (Fsp3) is 1.00. The molecule has 0 aromatic rings. The van der Waals surface area contributed by atoms with Gasteiger partial charge in [-0.25, -0.2) is 0 Å². The van der Waals surface area contributed by atoms with Crippen LogP contribution in [-0.4, -0.2) is 42.3 Å². The van der Waals surface area contributed by atoms with Crippen molar-refractivity contribution < 1.29 is 4.74 Å². The molecule has 0 aliphatic carbocycles. The summed E-state index contributed by atoms with van der Waals surface area (Å²) in [6.07, 6.45) is 5.34. The lowest BCUT2D eigenvalue weighted by Crippen LogP contribution is -2.54. The highest BCUT2D eigenvalue weighted by atomic mass is 16.5. The van der Waals surface area contributed by atoms with Crippen molar-refractivity contribution in [2.75, 3.05) is 7.11 Å². The van der Waals surface area contributed by atoms with Crippen LogP contribution in [0.3, 0.4) is 0 Å². The SMILES string of the molecule is COC(C)C(C)N1C2CCC1CC(N)C2. The summed E-state index contributed by atoms with van der Waals surface area (Å²) in [6, 6.07) is 2.39. The predicted octanol–water partition coefficient (Wildman–Crippen LogP) is 1.36. The van der Waals surface area contributed by atoms with Gasteiger partial charge in [0.25, 0.3) is 0 Å². The molecule has 88 valence electrons. The smallest absolute Gasteiger partial charge is 0.0695 e. The van der Waals surface area contributed by atoms with Gasteiger partial charge < -0.3 is 10.5 Å². The summed E-state index contributed by atoms with van der Waals surface area (Å²) in [5.74, 6) is 0. The molecule has 2 fully saturated rings. The third-order valence-corrected chi connectivity index (χ3v) is 4.35. The Bertz CT molecular complexity index is 208. The molecule has 0 aromatic heterocycles. The Morgan fingerprint density at radius 1 is 1.20 bits per heavy atom. The topological polar surface area (TPSA) is 38.5 Å². The molecule has 2 saturated heterocycles. The van der Waals surface area contributed by atoms with E-state index in [1.165, 1.54) is 25.7 Å². The zero-order valence-electron chi connectivity index (χ0n) is 10.1. The zero-order valence-corrected chi connectivity index (χ0v) is 10.1. The van der Waals surface area contributed by atoms with Gasteiger partial charge in [-0.05, 0) is 39.5 Å². The van der Waals surface area contributed by atoms with Crippen LogP contribution in [-0.2, 0) is 4.74 Å². The van der Waals surface area contributed by atoms with Gasteiger partial charge >= 0.3 is 0 Å². The molecule has 4 unspecified atom stereocenters. The number of hydrogen-bond donors (Lipinski definition) is 1. The summed E-state index contributed by atoms with van der Waals surface area (Å²) in [5.41, 5.74) is 6.07. The van der Waals surface area contributed by atoms with E-state index in [4.69, 9.17) is 10.5 Å². The molecule has 2 N–H and O–H groups in total. The lowest BCUT2D eigenvalue weighted by Gasteiger charge is -2.43. The van der Waals surface area contributed by atoms with Gasteiger partial charge in [0.2, 0.25) is 0 Å². The van der Waals surface area contributed by atoms with E-state index in [1.807, 2.05) is 0 Å². The molecule has 3 heteroatoms. The maximum absolute atomic E-state index is 6.07. The molecule has 2 heterocycles. The Kier molecular flexibility index (Phi) is 3.33. The van der Waals surface area contributed by atoms with E-state index in [1.54, 1.807) is 7.11 Å². The molecule has 2 bridgehead atoms. The molecule has 0 radical (unpaired) electrons. The van der Waals surface area contributed by atoms with Crippen LogP contribution in [0.2, 0.25) is 0 Å². The summed E-state index contributed by atoms with van der Waals surface area (Å²) in [4.78, 5) is 2.66. The molecule has 2 aliphatic heterocycles. The first-order valence-corrected chi connectivity index (χ1v) is 6.19. The lowest BCUT2D eigenvalue weighted by atomic mass is 9.95. The first-order valence-electron chi connectivity index (χ1n) is 6.19. The number of hydrogen-bond acceptors (Lipinski definition) is 3. The third kappa shape index (κ3) is 2.05. The van der Waals surface area contributed by atoms with Crippen LogP contribution in [0.4, 0.5) is 0 Å². The van der Waals surface area contributed by atoms with Crippen molar-refractivity contribution in [3.05, 3.63) is 0 Å². The van der Waals surface area contributed by atoms with Crippen molar-refractivity contribution >= 4 is 0 Å². The van der Waals surface area contributed by atoms with Crippen LogP contribution in [0.5, 0.6) is 0 Å². The van der Waals surface area contributed by atoms with Crippen molar-refractivity contribution in [3.8, 4) is 0 Å². The number of fused-ring (bicyclic) bond motifs is 2. The molecule has 0 amide bonds. The molecule has 4 atom stereocenters. The second-order valence-corrected chi connectivity index (χ2v) is 5.25. The van der Waals surface area contributed by atoms with Gasteiger partial charge in [-0.1, -0.05) is 0 Å². The number of nitrogens with zero attached hydrogens (tertiary/aromatic N) is 1. The van der Waals surface area contributed by atoms with Crippen LogP contribution in [0.15, 0.2) is 0 Å². The maximum atomic E-state index is 6.07. The van der Waals surface area contributed by atoms with Gasteiger partial charge in [-0.15, -0.1) is 0 Å². The number of nitrogens with two attached hydrogens (primary N) is 1. The molecule has 15 heavy (non-hydrogen) atoms. The number of ether oxygens (including phenoxy) is 1. The van der Waals surface area contributed by atoms with Crippen molar-refractivity contribution in [2.45, 2.75) is 69.8 Å². The van der Waals surface area contributed by atoms with E-state index < -0.39 is 0 Å². The predicted molar refractivity (Wildman–Crippen MR) is 61.8 cm³/mol. The standard InChI is InChI=1S/C12H24N2O/c1-8(9(2)15-3)14-11-4-5-12(14)7-10(13)6-11/h8-12H,4-7,13H2,1-3H3. The molecular weight excluding hydrogens is 188 g/mol. The third-order valence-electron chi connectivity index (χ3n) is 4.35. The first kappa shape index (κ1) is 11.4. The van der Waals surface area contributed by atoms with E-state index in [9.17, 15) is 0 Å².